The van der Waals surface area contributed by atoms with Crippen molar-refractivity contribution in [3.05, 3.63) is 53.8 Å². The first kappa shape index (κ1) is 14.8. The normalized spacial score (nSPS) is 10.7. The minimum atomic E-state index is -4.05. The Labute approximate surface area is 121 Å². The maximum absolute atomic E-state index is 13.5. The number of hydrogen-bond donors (Lipinski definition) is 1. The lowest BCUT2D eigenvalue weighted by Gasteiger charge is -2.10. The second-order valence-corrected chi connectivity index (χ2v) is 5.71. The fourth-order valence-electron chi connectivity index (χ4n) is 1.71. The maximum atomic E-state index is 13.5. The van der Waals surface area contributed by atoms with Gasteiger partial charge in [0.2, 0.25) is 0 Å². The van der Waals surface area contributed by atoms with Crippen molar-refractivity contribution in [2.45, 2.75) is 4.90 Å². The van der Waals surface area contributed by atoms with Gasteiger partial charge < -0.3 is 4.74 Å². The van der Waals surface area contributed by atoms with E-state index in [1.54, 1.807) is 18.2 Å². The number of anilines is 1. The first-order valence-corrected chi connectivity index (χ1v) is 7.32. The molecule has 0 aromatic heterocycles. The largest absolute Gasteiger partial charge is 0.497 e. The zero-order valence-corrected chi connectivity index (χ0v) is 11.8. The van der Waals surface area contributed by atoms with Gasteiger partial charge in [-0.05, 0) is 36.4 Å². The van der Waals surface area contributed by atoms with Crippen LogP contribution < -0.4 is 9.46 Å². The third-order valence-corrected chi connectivity index (χ3v) is 4.14. The van der Waals surface area contributed by atoms with Crippen LogP contribution in [-0.2, 0) is 10.0 Å². The van der Waals surface area contributed by atoms with Crippen molar-refractivity contribution in [1.82, 2.24) is 0 Å². The molecule has 2 aromatic carbocycles. The number of halogens is 1. The standard InChI is InChI=1S/C14H11FN2O3S/c1-20-11-7-5-10(6-8-11)17-21(18,19)14-4-2-3-13(15)12(14)9-16/h2-8,17H,1H3. The molecule has 108 valence electrons. The van der Waals surface area contributed by atoms with Crippen molar-refractivity contribution in [2.24, 2.45) is 0 Å². The van der Waals surface area contributed by atoms with E-state index in [1.807, 2.05) is 0 Å². The minimum Gasteiger partial charge on any atom is -0.497 e. The van der Waals surface area contributed by atoms with Gasteiger partial charge in [0.1, 0.15) is 28.1 Å². The zero-order valence-electron chi connectivity index (χ0n) is 11.0. The summed E-state index contributed by atoms with van der Waals surface area (Å²) >= 11 is 0. The van der Waals surface area contributed by atoms with Crippen LogP contribution in [0.5, 0.6) is 5.75 Å². The third kappa shape index (κ3) is 3.12. The lowest BCUT2D eigenvalue weighted by molar-refractivity contribution is 0.415. The Hall–Kier alpha value is -2.59. The molecule has 2 rings (SSSR count). The van der Waals surface area contributed by atoms with Gasteiger partial charge >= 0.3 is 0 Å². The van der Waals surface area contributed by atoms with Gasteiger partial charge in [-0.2, -0.15) is 5.26 Å². The third-order valence-electron chi connectivity index (χ3n) is 2.72. The van der Waals surface area contributed by atoms with Crippen LogP contribution in [0.25, 0.3) is 0 Å². The second kappa shape index (κ2) is 5.81. The van der Waals surface area contributed by atoms with Crippen molar-refractivity contribution in [3.63, 3.8) is 0 Å². The van der Waals surface area contributed by atoms with E-state index in [9.17, 15) is 12.8 Å². The summed E-state index contributed by atoms with van der Waals surface area (Å²) in [6.45, 7) is 0. The molecule has 5 nitrogen and oxygen atoms in total. The highest BCUT2D eigenvalue weighted by Gasteiger charge is 2.21. The van der Waals surface area contributed by atoms with E-state index in [1.165, 1.54) is 31.4 Å². The Kier molecular flexibility index (Phi) is 4.10. The van der Waals surface area contributed by atoms with E-state index >= 15 is 0 Å². The average molecular weight is 306 g/mol. The number of benzene rings is 2. The van der Waals surface area contributed by atoms with E-state index < -0.39 is 26.3 Å². The zero-order chi connectivity index (χ0) is 15.5. The first-order valence-electron chi connectivity index (χ1n) is 5.83. The molecule has 0 spiro atoms. The van der Waals surface area contributed by atoms with Gasteiger partial charge in [-0.1, -0.05) is 6.07 Å². The van der Waals surface area contributed by atoms with Crippen LogP contribution in [0.15, 0.2) is 47.4 Å². The molecule has 0 fully saturated rings. The molecule has 0 radical (unpaired) electrons. The quantitative estimate of drug-likeness (QED) is 0.941. The summed E-state index contributed by atoms with van der Waals surface area (Å²) < 4.78 is 45.2. The van der Waals surface area contributed by atoms with Crippen LogP contribution in [0.1, 0.15) is 5.56 Å². The molecule has 0 aliphatic rings. The second-order valence-electron chi connectivity index (χ2n) is 4.06. The molecule has 0 heterocycles. The monoisotopic (exact) mass is 306 g/mol. The molecular weight excluding hydrogens is 295 g/mol. The summed E-state index contributed by atoms with van der Waals surface area (Å²) in [5.41, 5.74) is -0.234. The Morgan fingerprint density at radius 3 is 2.43 bits per heavy atom. The van der Waals surface area contributed by atoms with E-state index in [-0.39, 0.29) is 5.69 Å². The van der Waals surface area contributed by atoms with Crippen LogP contribution in [0.2, 0.25) is 0 Å². The number of sulfonamides is 1. The molecule has 1 N–H and O–H groups in total. The highest BCUT2D eigenvalue weighted by molar-refractivity contribution is 7.92. The molecule has 0 amide bonds. The predicted molar refractivity (Wildman–Crippen MR) is 74.9 cm³/mol. The van der Waals surface area contributed by atoms with Crippen molar-refractivity contribution in [1.29, 1.82) is 5.26 Å². The minimum absolute atomic E-state index is 0.281. The summed E-state index contributed by atoms with van der Waals surface area (Å²) in [5, 5.41) is 8.90. The Bertz CT molecular complexity index is 796. The first-order chi connectivity index (χ1) is 9.97. The van der Waals surface area contributed by atoms with Gasteiger partial charge in [0, 0.05) is 5.69 Å². The van der Waals surface area contributed by atoms with Gasteiger partial charge in [0.15, 0.2) is 0 Å². The molecule has 0 aliphatic carbocycles. The number of rotatable bonds is 4. The molecular formula is C14H11FN2O3S. The van der Waals surface area contributed by atoms with Crippen LogP contribution >= 0.6 is 0 Å². The average Bonchev–Trinajstić information content (AvgIpc) is 2.47. The summed E-state index contributed by atoms with van der Waals surface area (Å²) in [4.78, 5) is -0.402. The maximum Gasteiger partial charge on any atom is 0.263 e. The lowest BCUT2D eigenvalue weighted by Crippen LogP contribution is -2.15. The summed E-state index contributed by atoms with van der Waals surface area (Å²) in [6, 6.07) is 11.2. The van der Waals surface area contributed by atoms with Crippen LogP contribution in [0.4, 0.5) is 10.1 Å². The van der Waals surface area contributed by atoms with Gasteiger partial charge in [-0.15, -0.1) is 0 Å². The summed E-state index contributed by atoms with van der Waals surface area (Å²) in [7, 11) is -2.56. The van der Waals surface area contributed by atoms with Crippen LogP contribution in [0.3, 0.4) is 0 Å². The molecule has 0 unspecified atom stereocenters. The number of nitrogens with zero attached hydrogens (tertiary/aromatic N) is 1. The highest BCUT2D eigenvalue weighted by atomic mass is 32.2. The molecule has 0 aliphatic heterocycles. The fourth-order valence-corrected chi connectivity index (χ4v) is 2.93. The molecule has 21 heavy (non-hydrogen) atoms. The molecule has 0 saturated carbocycles. The van der Waals surface area contributed by atoms with Crippen LogP contribution in [-0.4, -0.2) is 15.5 Å². The van der Waals surface area contributed by atoms with Crippen LogP contribution in [0, 0.1) is 17.1 Å². The molecule has 0 atom stereocenters. The van der Waals surface area contributed by atoms with Crippen molar-refractivity contribution >= 4 is 15.7 Å². The molecule has 2 aromatic rings. The lowest BCUT2D eigenvalue weighted by atomic mass is 10.2. The van der Waals surface area contributed by atoms with E-state index in [2.05, 4.69) is 4.72 Å². The van der Waals surface area contributed by atoms with Crippen molar-refractivity contribution in [3.8, 4) is 11.8 Å². The molecule has 0 bridgehead atoms. The predicted octanol–water partition coefficient (Wildman–Crippen LogP) is 2.51. The number of methoxy groups -OCH3 is 1. The Balaban J connectivity index is 2.39. The number of nitriles is 1. The van der Waals surface area contributed by atoms with E-state index in [4.69, 9.17) is 10.00 Å². The topological polar surface area (TPSA) is 79.2 Å². The van der Waals surface area contributed by atoms with Crippen molar-refractivity contribution in [2.75, 3.05) is 11.8 Å². The Morgan fingerprint density at radius 2 is 1.86 bits per heavy atom. The summed E-state index contributed by atoms with van der Waals surface area (Å²) in [6.07, 6.45) is 0. The number of ether oxygens (including phenoxy) is 1. The highest BCUT2D eigenvalue weighted by Crippen LogP contribution is 2.22. The summed E-state index contributed by atoms with van der Waals surface area (Å²) in [5.74, 6) is -0.309. The fraction of sp³-hybridized carbons (Fsp3) is 0.0714. The SMILES string of the molecule is COc1ccc(NS(=O)(=O)c2cccc(F)c2C#N)cc1. The van der Waals surface area contributed by atoms with Gasteiger partial charge in [-0.25, -0.2) is 12.8 Å². The van der Waals surface area contributed by atoms with Gasteiger partial charge in [0.25, 0.3) is 10.0 Å². The van der Waals surface area contributed by atoms with Gasteiger partial charge in [0.05, 0.1) is 7.11 Å². The van der Waals surface area contributed by atoms with Crippen molar-refractivity contribution < 1.29 is 17.5 Å². The molecule has 7 heteroatoms. The number of nitrogens with one attached hydrogen (secondary N) is 1. The van der Waals surface area contributed by atoms with E-state index in [0.717, 1.165) is 6.07 Å². The van der Waals surface area contributed by atoms with E-state index in [0.29, 0.717) is 5.75 Å². The molecule has 0 saturated heterocycles. The Morgan fingerprint density at radius 1 is 1.19 bits per heavy atom. The van der Waals surface area contributed by atoms with Gasteiger partial charge in [-0.3, -0.25) is 4.72 Å². The number of hydrogen-bond acceptors (Lipinski definition) is 4. The smallest absolute Gasteiger partial charge is 0.263 e.